The van der Waals surface area contributed by atoms with Gasteiger partial charge in [-0.05, 0) is 6.07 Å². The first-order chi connectivity index (χ1) is 8.79. The molecule has 0 aromatic heterocycles. The highest BCUT2D eigenvalue weighted by molar-refractivity contribution is 6.32. The molecule has 18 heavy (non-hydrogen) atoms. The van der Waals surface area contributed by atoms with Gasteiger partial charge in [-0.3, -0.25) is 0 Å². The summed E-state index contributed by atoms with van der Waals surface area (Å²) in [4.78, 5) is 0. The maximum absolute atomic E-state index is 8.74. The van der Waals surface area contributed by atoms with Crippen LogP contribution in [0.3, 0.4) is 0 Å². The summed E-state index contributed by atoms with van der Waals surface area (Å²) in [6.45, 7) is 2.70. The van der Waals surface area contributed by atoms with Gasteiger partial charge in [-0.2, -0.15) is 0 Å². The van der Waals surface area contributed by atoms with Crippen molar-refractivity contribution in [2.24, 2.45) is 0 Å². The van der Waals surface area contributed by atoms with E-state index < -0.39 is 0 Å². The minimum absolute atomic E-state index is 0.117. The topological polar surface area (TPSA) is 50.7 Å². The smallest absolute Gasteiger partial charge is 0.142 e. The molecule has 102 valence electrons. The third kappa shape index (κ3) is 5.23. The second-order valence-electron chi connectivity index (χ2n) is 3.82. The molecule has 0 amide bonds. The van der Waals surface area contributed by atoms with Gasteiger partial charge in [0.25, 0.3) is 0 Å². The third-order valence-corrected chi connectivity index (χ3v) is 2.69. The zero-order valence-electron chi connectivity index (χ0n) is 10.6. The van der Waals surface area contributed by atoms with E-state index in [9.17, 15) is 0 Å². The number of hydrogen-bond donors (Lipinski definition) is 2. The van der Waals surface area contributed by atoms with Gasteiger partial charge >= 0.3 is 0 Å². The van der Waals surface area contributed by atoms with E-state index in [4.69, 9.17) is 26.2 Å². The molecule has 0 spiro atoms. The van der Waals surface area contributed by atoms with Crippen molar-refractivity contribution in [1.29, 1.82) is 0 Å². The summed E-state index contributed by atoms with van der Waals surface area (Å²) in [6.07, 6.45) is 0.599. The highest BCUT2D eigenvalue weighted by atomic mass is 35.5. The average molecular weight is 274 g/mol. The van der Waals surface area contributed by atoms with Gasteiger partial charge in [-0.25, -0.2) is 0 Å². The summed E-state index contributed by atoms with van der Waals surface area (Å²) in [6, 6.07) is 5.67. The largest absolute Gasteiger partial charge is 0.492 e. The van der Waals surface area contributed by atoms with Crippen molar-refractivity contribution < 1.29 is 14.6 Å². The molecular formula is C13H20ClNO3. The fourth-order valence-corrected chi connectivity index (χ4v) is 1.74. The van der Waals surface area contributed by atoms with E-state index in [1.54, 1.807) is 13.2 Å². The molecule has 0 radical (unpaired) electrons. The van der Waals surface area contributed by atoms with Crippen LogP contribution >= 0.6 is 11.6 Å². The fourth-order valence-electron chi connectivity index (χ4n) is 1.49. The van der Waals surface area contributed by atoms with Crippen LogP contribution in [0.2, 0.25) is 5.02 Å². The van der Waals surface area contributed by atoms with Crippen molar-refractivity contribution in [3.63, 3.8) is 0 Å². The van der Waals surface area contributed by atoms with Gasteiger partial charge in [0.1, 0.15) is 5.75 Å². The first kappa shape index (κ1) is 15.2. The Morgan fingerprint density at radius 3 is 2.89 bits per heavy atom. The van der Waals surface area contributed by atoms with Crippen LogP contribution < -0.4 is 10.1 Å². The number of nitrogens with one attached hydrogen (secondary N) is 1. The van der Waals surface area contributed by atoms with E-state index in [0.29, 0.717) is 37.0 Å². The molecule has 1 rings (SSSR count). The summed E-state index contributed by atoms with van der Waals surface area (Å²) in [7, 11) is 1.67. The molecule has 4 nitrogen and oxygen atoms in total. The van der Waals surface area contributed by atoms with Crippen LogP contribution in [-0.4, -0.2) is 38.6 Å². The van der Waals surface area contributed by atoms with Gasteiger partial charge < -0.3 is 19.9 Å². The van der Waals surface area contributed by atoms with Gasteiger partial charge in [0.05, 0.1) is 18.2 Å². The Hall–Kier alpha value is -0.810. The van der Waals surface area contributed by atoms with Crippen molar-refractivity contribution >= 4 is 11.6 Å². The highest BCUT2D eigenvalue weighted by Gasteiger charge is 2.07. The SMILES string of the molecule is COCCNCc1cccc(Cl)c1OCCCO. The van der Waals surface area contributed by atoms with Crippen LogP contribution in [0, 0.1) is 0 Å². The molecule has 0 fully saturated rings. The van der Waals surface area contributed by atoms with Crippen molar-refractivity contribution in [3.05, 3.63) is 28.8 Å². The summed E-state index contributed by atoms with van der Waals surface area (Å²) in [5, 5.41) is 12.6. The fraction of sp³-hybridized carbons (Fsp3) is 0.538. The van der Waals surface area contributed by atoms with Gasteiger partial charge in [-0.1, -0.05) is 23.7 Å². The second kappa shape index (κ2) is 9.16. The summed E-state index contributed by atoms with van der Waals surface area (Å²) in [5.41, 5.74) is 1.01. The normalized spacial score (nSPS) is 10.6. The van der Waals surface area contributed by atoms with Crippen molar-refractivity contribution in [2.45, 2.75) is 13.0 Å². The second-order valence-corrected chi connectivity index (χ2v) is 4.23. The van der Waals surface area contributed by atoms with E-state index in [-0.39, 0.29) is 6.61 Å². The Balaban J connectivity index is 2.56. The van der Waals surface area contributed by atoms with Gasteiger partial charge in [0.15, 0.2) is 0 Å². The average Bonchev–Trinajstić information content (AvgIpc) is 2.37. The summed E-state index contributed by atoms with van der Waals surface area (Å²) in [5.74, 6) is 0.692. The Morgan fingerprint density at radius 1 is 1.33 bits per heavy atom. The molecule has 1 aromatic rings. The number of methoxy groups -OCH3 is 1. The first-order valence-electron chi connectivity index (χ1n) is 6.00. The Morgan fingerprint density at radius 2 is 2.17 bits per heavy atom. The lowest BCUT2D eigenvalue weighted by Crippen LogP contribution is -2.19. The van der Waals surface area contributed by atoms with Gasteiger partial charge in [0, 0.05) is 38.8 Å². The predicted molar refractivity (Wildman–Crippen MR) is 72.2 cm³/mol. The molecule has 0 bridgehead atoms. The lowest BCUT2D eigenvalue weighted by molar-refractivity contribution is 0.198. The number of para-hydroxylation sites is 1. The molecule has 0 saturated carbocycles. The number of hydrogen-bond acceptors (Lipinski definition) is 4. The van der Waals surface area contributed by atoms with Crippen molar-refractivity contribution in [3.8, 4) is 5.75 Å². The Kier molecular flexibility index (Phi) is 7.76. The Bertz CT molecular complexity index is 347. The first-order valence-corrected chi connectivity index (χ1v) is 6.38. The van der Waals surface area contributed by atoms with Crippen LogP contribution in [0.25, 0.3) is 0 Å². The van der Waals surface area contributed by atoms with E-state index in [2.05, 4.69) is 5.32 Å². The van der Waals surface area contributed by atoms with Crippen LogP contribution in [0.5, 0.6) is 5.75 Å². The zero-order valence-corrected chi connectivity index (χ0v) is 11.4. The Labute approximate surface area is 113 Å². The number of aliphatic hydroxyl groups is 1. The van der Waals surface area contributed by atoms with Crippen LogP contribution in [0.1, 0.15) is 12.0 Å². The molecule has 0 aliphatic carbocycles. The number of ether oxygens (including phenoxy) is 2. The molecule has 0 heterocycles. The minimum Gasteiger partial charge on any atom is -0.492 e. The maximum Gasteiger partial charge on any atom is 0.142 e. The molecule has 0 aliphatic heterocycles. The molecule has 0 aliphatic rings. The van der Waals surface area contributed by atoms with Gasteiger partial charge in [0.2, 0.25) is 0 Å². The predicted octanol–water partition coefficient (Wildman–Crippen LogP) is 1.84. The lowest BCUT2D eigenvalue weighted by Gasteiger charge is -2.13. The van der Waals surface area contributed by atoms with E-state index in [1.165, 1.54) is 0 Å². The van der Waals surface area contributed by atoms with Crippen LogP contribution in [0.4, 0.5) is 0 Å². The number of rotatable bonds is 9. The molecule has 0 atom stereocenters. The summed E-state index contributed by atoms with van der Waals surface area (Å²) < 4.78 is 10.6. The molecular weight excluding hydrogens is 254 g/mol. The molecule has 1 aromatic carbocycles. The molecule has 0 saturated heterocycles. The van der Waals surface area contributed by atoms with Crippen LogP contribution in [0.15, 0.2) is 18.2 Å². The third-order valence-electron chi connectivity index (χ3n) is 2.40. The number of benzene rings is 1. The minimum atomic E-state index is 0.117. The highest BCUT2D eigenvalue weighted by Crippen LogP contribution is 2.28. The maximum atomic E-state index is 8.74. The molecule has 2 N–H and O–H groups in total. The quantitative estimate of drug-likeness (QED) is 0.674. The number of aliphatic hydroxyl groups excluding tert-OH is 1. The van der Waals surface area contributed by atoms with E-state index in [1.807, 2.05) is 12.1 Å². The zero-order chi connectivity index (χ0) is 13.2. The number of halogens is 1. The van der Waals surface area contributed by atoms with Gasteiger partial charge in [-0.15, -0.1) is 0 Å². The standard InChI is InChI=1S/C13H20ClNO3/c1-17-9-6-15-10-11-4-2-5-12(14)13(11)18-8-3-7-16/h2,4-5,15-16H,3,6-10H2,1H3. The lowest BCUT2D eigenvalue weighted by atomic mass is 10.2. The summed E-state index contributed by atoms with van der Waals surface area (Å²) >= 11 is 6.11. The monoisotopic (exact) mass is 273 g/mol. The van der Waals surface area contributed by atoms with E-state index >= 15 is 0 Å². The molecule has 5 heteroatoms. The molecule has 0 unspecified atom stereocenters. The van der Waals surface area contributed by atoms with Crippen molar-refractivity contribution in [2.75, 3.05) is 33.5 Å². The van der Waals surface area contributed by atoms with E-state index in [0.717, 1.165) is 12.1 Å². The van der Waals surface area contributed by atoms with Crippen LogP contribution in [-0.2, 0) is 11.3 Å². The van der Waals surface area contributed by atoms with Crippen molar-refractivity contribution in [1.82, 2.24) is 5.32 Å².